The van der Waals surface area contributed by atoms with E-state index in [0.717, 1.165) is 30.9 Å². The Labute approximate surface area is 171 Å². The van der Waals surface area contributed by atoms with Crippen LogP contribution in [0.1, 0.15) is 36.8 Å². The van der Waals surface area contributed by atoms with Gasteiger partial charge in [-0.25, -0.2) is 0 Å². The van der Waals surface area contributed by atoms with Gasteiger partial charge < -0.3 is 14.0 Å². The molecule has 1 aliphatic heterocycles. The van der Waals surface area contributed by atoms with Crippen LogP contribution >= 0.6 is 0 Å². The van der Waals surface area contributed by atoms with Crippen LogP contribution in [0.5, 0.6) is 5.75 Å². The SMILES string of the molecule is COCc1nc(-c2ccc(OC3CN(Cc4ccc(C(C)C)cc4)C3)cc2)no1. The van der Waals surface area contributed by atoms with Crippen molar-refractivity contribution in [1.29, 1.82) is 0 Å². The van der Waals surface area contributed by atoms with Crippen LogP contribution in [0.2, 0.25) is 0 Å². The summed E-state index contributed by atoms with van der Waals surface area (Å²) in [6, 6.07) is 16.7. The first-order valence-corrected chi connectivity index (χ1v) is 10.0. The Balaban J connectivity index is 1.25. The van der Waals surface area contributed by atoms with Crippen LogP contribution in [0.3, 0.4) is 0 Å². The molecule has 0 bridgehead atoms. The van der Waals surface area contributed by atoms with E-state index < -0.39 is 0 Å². The van der Waals surface area contributed by atoms with Crippen LogP contribution < -0.4 is 4.74 Å². The smallest absolute Gasteiger partial charge is 0.252 e. The van der Waals surface area contributed by atoms with Gasteiger partial charge in [0.15, 0.2) is 0 Å². The van der Waals surface area contributed by atoms with E-state index in [4.69, 9.17) is 14.0 Å². The lowest BCUT2D eigenvalue weighted by Gasteiger charge is -2.39. The zero-order valence-corrected chi connectivity index (χ0v) is 17.2. The summed E-state index contributed by atoms with van der Waals surface area (Å²) in [6.07, 6.45) is 0.231. The van der Waals surface area contributed by atoms with Gasteiger partial charge >= 0.3 is 0 Å². The lowest BCUT2D eigenvalue weighted by Crippen LogP contribution is -2.53. The minimum atomic E-state index is 0.231. The average molecular weight is 393 g/mol. The largest absolute Gasteiger partial charge is 0.488 e. The topological polar surface area (TPSA) is 60.6 Å². The second kappa shape index (κ2) is 8.76. The molecule has 29 heavy (non-hydrogen) atoms. The van der Waals surface area contributed by atoms with Gasteiger partial charge in [0.2, 0.25) is 5.82 Å². The maximum atomic E-state index is 6.08. The zero-order chi connectivity index (χ0) is 20.2. The van der Waals surface area contributed by atoms with Crippen molar-refractivity contribution in [2.24, 2.45) is 0 Å². The van der Waals surface area contributed by atoms with Gasteiger partial charge in [0.25, 0.3) is 5.89 Å². The van der Waals surface area contributed by atoms with Crippen molar-refractivity contribution in [2.75, 3.05) is 20.2 Å². The third-order valence-electron chi connectivity index (χ3n) is 5.13. The number of rotatable bonds is 8. The number of nitrogens with zero attached hydrogens (tertiary/aromatic N) is 3. The Morgan fingerprint density at radius 3 is 2.45 bits per heavy atom. The summed E-state index contributed by atoms with van der Waals surface area (Å²) in [5.41, 5.74) is 3.63. The molecule has 0 aliphatic carbocycles. The van der Waals surface area contributed by atoms with Crippen molar-refractivity contribution in [3.05, 3.63) is 65.5 Å². The van der Waals surface area contributed by atoms with Crippen LogP contribution in [0.25, 0.3) is 11.4 Å². The molecule has 0 unspecified atom stereocenters. The summed E-state index contributed by atoms with van der Waals surface area (Å²) in [7, 11) is 1.60. The quantitative estimate of drug-likeness (QED) is 0.570. The number of benzene rings is 2. The molecule has 2 heterocycles. The van der Waals surface area contributed by atoms with Gasteiger partial charge in [-0.15, -0.1) is 0 Å². The van der Waals surface area contributed by atoms with E-state index in [2.05, 4.69) is 53.2 Å². The Morgan fingerprint density at radius 1 is 1.07 bits per heavy atom. The number of likely N-dealkylation sites (tertiary alicyclic amines) is 1. The first-order valence-electron chi connectivity index (χ1n) is 10.0. The highest BCUT2D eigenvalue weighted by atomic mass is 16.5. The fourth-order valence-corrected chi connectivity index (χ4v) is 3.42. The van der Waals surface area contributed by atoms with Gasteiger partial charge in [0.05, 0.1) is 0 Å². The summed E-state index contributed by atoms with van der Waals surface area (Å²) in [6.45, 7) is 7.62. The highest BCUT2D eigenvalue weighted by Gasteiger charge is 2.28. The van der Waals surface area contributed by atoms with Crippen molar-refractivity contribution >= 4 is 0 Å². The Kier molecular flexibility index (Phi) is 5.92. The van der Waals surface area contributed by atoms with Gasteiger partial charge in [0.1, 0.15) is 18.5 Å². The number of aromatic nitrogens is 2. The van der Waals surface area contributed by atoms with E-state index >= 15 is 0 Å². The molecule has 0 saturated carbocycles. The van der Waals surface area contributed by atoms with Gasteiger partial charge in [-0.05, 0) is 41.3 Å². The average Bonchev–Trinajstić information content (AvgIpc) is 3.16. The third kappa shape index (κ3) is 4.83. The molecule has 4 rings (SSSR count). The highest BCUT2D eigenvalue weighted by Crippen LogP contribution is 2.24. The number of hydrogen-bond donors (Lipinski definition) is 0. The maximum Gasteiger partial charge on any atom is 0.252 e. The maximum absolute atomic E-state index is 6.08. The molecule has 0 radical (unpaired) electrons. The molecule has 1 saturated heterocycles. The minimum absolute atomic E-state index is 0.231. The first-order chi connectivity index (χ1) is 14.1. The van der Waals surface area contributed by atoms with Gasteiger partial charge in [-0.3, -0.25) is 4.90 Å². The van der Waals surface area contributed by atoms with E-state index in [0.29, 0.717) is 24.2 Å². The second-order valence-corrected chi connectivity index (χ2v) is 7.80. The number of hydrogen-bond acceptors (Lipinski definition) is 6. The molecule has 1 fully saturated rings. The van der Waals surface area contributed by atoms with E-state index in [1.54, 1.807) is 7.11 Å². The molecule has 0 amide bonds. The summed E-state index contributed by atoms with van der Waals surface area (Å²) in [5, 5.41) is 3.97. The van der Waals surface area contributed by atoms with E-state index in [-0.39, 0.29) is 6.10 Å². The van der Waals surface area contributed by atoms with Gasteiger partial charge in [-0.2, -0.15) is 4.98 Å². The fourth-order valence-electron chi connectivity index (χ4n) is 3.42. The van der Waals surface area contributed by atoms with Crippen molar-refractivity contribution in [1.82, 2.24) is 15.0 Å². The summed E-state index contributed by atoms with van der Waals surface area (Å²) < 4.78 is 16.2. The number of methoxy groups -OCH3 is 1. The summed E-state index contributed by atoms with van der Waals surface area (Å²) in [4.78, 5) is 6.71. The highest BCUT2D eigenvalue weighted by molar-refractivity contribution is 5.55. The molecule has 0 N–H and O–H groups in total. The lowest BCUT2D eigenvalue weighted by molar-refractivity contribution is 0.0146. The number of ether oxygens (including phenoxy) is 2. The molecule has 152 valence electrons. The molecule has 6 nitrogen and oxygen atoms in total. The van der Waals surface area contributed by atoms with Gasteiger partial charge in [0, 0.05) is 32.3 Å². The predicted molar refractivity (Wildman–Crippen MR) is 111 cm³/mol. The second-order valence-electron chi connectivity index (χ2n) is 7.80. The lowest BCUT2D eigenvalue weighted by atomic mass is 10.0. The normalized spacial score (nSPS) is 14.9. The zero-order valence-electron chi connectivity index (χ0n) is 17.2. The van der Waals surface area contributed by atoms with Gasteiger partial charge in [-0.1, -0.05) is 43.3 Å². The summed E-state index contributed by atoms with van der Waals surface area (Å²) >= 11 is 0. The van der Waals surface area contributed by atoms with Crippen LogP contribution in [0, 0.1) is 0 Å². The molecule has 0 atom stereocenters. The Hall–Kier alpha value is -2.70. The van der Waals surface area contributed by atoms with E-state index in [1.807, 2.05) is 24.3 Å². The first kappa shape index (κ1) is 19.6. The molecule has 2 aromatic carbocycles. The van der Waals surface area contributed by atoms with Crippen LogP contribution in [0.4, 0.5) is 0 Å². The van der Waals surface area contributed by atoms with E-state index in [9.17, 15) is 0 Å². The van der Waals surface area contributed by atoms with Crippen LogP contribution in [-0.2, 0) is 17.9 Å². The standard InChI is InChI=1S/C23H27N3O3/c1-16(2)18-6-4-17(5-7-18)12-26-13-21(14-26)28-20-10-8-19(9-11-20)23-24-22(15-27-3)29-25-23/h4-11,16,21H,12-15H2,1-3H3. The molecule has 1 aromatic heterocycles. The Morgan fingerprint density at radius 2 is 1.79 bits per heavy atom. The molecule has 0 spiro atoms. The molecule has 6 heteroatoms. The summed E-state index contributed by atoms with van der Waals surface area (Å²) in [5.74, 6) is 2.46. The molecule has 1 aliphatic rings. The molecular weight excluding hydrogens is 366 g/mol. The van der Waals surface area contributed by atoms with Crippen molar-refractivity contribution in [3.63, 3.8) is 0 Å². The molecular formula is C23H27N3O3. The minimum Gasteiger partial charge on any atom is -0.488 e. The van der Waals surface area contributed by atoms with Crippen LogP contribution in [-0.4, -0.2) is 41.3 Å². The Bertz CT molecular complexity index is 913. The fraction of sp³-hybridized carbons (Fsp3) is 0.391. The molecule has 3 aromatic rings. The van der Waals surface area contributed by atoms with Crippen molar-refractivity contribution < 1.29 is 14.0 Å². The van der Waals surface area contributed by atoms with E-state index in [1.165, 1.54) is 11.1 Å². The monoisotopic (exact) mass is 393 g/mol. The van der Waals surface area contributed by atoms with Crippen molar-refractivity contribution in [2.45, 2.75) is 39.0 Å². The van der Waals surface area contributed by atoms with Crippen LogP contribution in [0.15, 0.2) is 53.1 Å². The van der Waals surface area contributed by atoms with Crippen molar-refractivity contribution in [3.8, 4) is 17.1 Å². The third-order valence-corrected chi connectivity index (χ3v) is 5.13. The predicted octanol–water partition coefficient (Wildman–Crippen LogP) is 4.27.